The highest BCUT2D eigenvalue weighted by atomic mass is 35.5. The maximum Gasteiger partial charge on any atom is 0.339 e. The molecule has 1 aliphatic heterocycles. The number of hydrogen-bond acceptors (Lipinski definition) is 9. The standard InChI is InChI=1S/C40H42ClN3O9S/c1-24(26-11-13-31(39(46)47)36(17-26)53-23-25-9-7-6-8-10-25)42-40(48)44-22-37(54)43(21-32-34(51-4)18-30(49-2)19-35(32)52-5)20-28(38(44)45)15-27-16-29(41)12-14-33(27)50-3/h6-14,16-19,24,28H,15,20-23H2,1-5H3,(H,42,48)(H,46,47)/t24-,28-/m1/s1. The normalized spacial score (nSPS) is 14.9. The molecule has 0 unspecified atom stereocenters. The molecule has 4 aromatic carbocycles. The molecule has 4 aromatic rings. The molecule has 1 fully saturated rings. The maximum atomic E-state index is 14.4. The molecule has 1 saturated heterocycles. The molecule has 284 valence electrons. The number of methoxy groups -OCH3 is 4. The van der Waals surface area contributed by atoms with Crippen LogP contribution in [0.15, 0.2) is 78.9 Å². The number of aromatic carboxylic acids is 1. The molecule has 14 heteroatoms. The van der Waals surface area contributed by atoms with Crippen LogP contribution < -0.4 is 29.0 Å². The molecule has 1 heterocycles. The average Bonchev–Trinajstić information content (AvgIpc) is 3.29. The van der Waals surface area contributed by atoms with E-state index in [-0.39, 0.29) is 44.0 Å². The van der Waals surface area contributed by atoms with Crippen molar-refractivity contribution in [2.45, 2.75) is 32.5 Å². The number of amides is 3. The van der Waals surface area contributed by atoms with Crippen molar-refractivity contribution in [2.24, 2.45) is 5.92 Å². The zero-order valence-electron chi connectivity index (χ0n) is 30.6. The van der Waals surface area contributed by atoms with E-state index in [0.717, 1.165) is 10.5 Å². The van der Waals surface area contributed by atoms with Crippen molar-refractivity contribution in [3.05, 3.63) is 112 Å². The first kappa shape index (κ1) is 39.7. The van der Waals surface area contributed by atoms with Crippen LogP contribution in [-0.2, 0) is 24.4 Å². The Morgan fingerprint density at radius 1 is 0.907 bits per heavy atom. The third kappa shape index (κ3) is 9.33. The van der Waals surface area contributed by atoms with Gasteiger partial charge in [-0.05, 0) is 60.4 Å². The van der Waals surface area contributed by atoms with Gasteiger partial charge in [0.1, 0.15) is 40.9 Å². The number of nitrogens with zero attached hydrogens (tertiary/aromatic N) is 2. The number of halogens is 1. The van der Waals surface area contributed by atoms with Crippen molar-refractivity contribution in [1.29, 1.82) is 0 Å². The summed E-state index contributed by atoms with van der Waals surface area (Å²) >= 11 is 12.3. The number of thiocarbonyl (C=S) groups is 1. The van der Waals surface area contributed by atoms with E-state index in [1.54, 1.807) is 56.5 Å². The second-order valence-corrected chi connectivity index (χ2v) is 13.5. The van der Waals surface area contributed by atoms with Crippen molar-refractivity contribution < 1.29 is 43.2 Å². The van der Waals surface area contributed by atoms with Crippen LogP contribution >= 0.6 is 23.8 Å². The van der Waals surface area contributed by atoms with Crippen LogP contribution in [0.25, 0.3) is 0 Å². The molecular formula is C40H42ClN3O9S. The Hall–Kier alpha value is -5.53. The van der Waals surface area contributed by atoms with Gasteiger partial charge in [0, 0.05) is 23.7 Å². The van der Waals surface area contributed by atoms with Crippen LogP contribution in [0.4, 0.5) is 4.79 Å². The Morgan fingerprint density at radius 3 is 2.22 bits per heavy atom. The van der Waals surface area contributed by atoms with Crippen molar-refractivity contribution >= 4 is 46.7 Å². The molecule has 0 spiro atoms. The van der Waals surface area contributed by atoms with Gasteiger partial charge in [0.15, 0.2) is 0 Å². The Balaban J connectivity index is 1.44. The number of nitrogens with one attached hydrogen (secondary N) is 1. The maximum absolute atomic E-state index is 14.4. The fraction of sp³-hybridized carbons (Fsp3) is 0.300. The van der Waals surface area contributed by atoms with Gasteiger partial charge in [-0.3, -0.25) is 9.69 Å². The van der Waals surface area contributed by atoms with Crippen LogP contribution in [0.5, 0.6) is 28.7 Å². The SMILES string of the molecule is COc1cc(OC)c(CN2C[C@@H](Cc3cc(Cl)ccc3OC)C(=O)N(C(=O)N[C@H](C)c3ccc(C(=O)O)c(OCc4ccccc4)c3)CC2=S)c(OC)c1. The lowest BCUT2D eigenvalue weighted by Gasteiger charge is -2.27. The number of rotatable bonds is 14. The van der Waals surface area contributed by atoms with Gasteiger partial charge in [-0.25, -0.2) is 9.59 Å². The van der Waals surface area contributed by atoms with Crippen molar-refractivity contribution in [1.82, 2.24) is 15.1 Å². The molecule has 0 aliphatic carbocycles. The Morgan fingerprint density at radius 2 is 1.59 bits per heavy atom. The quantitative estimate of drug-likeness (QED) is 0.129. The van der Waals surface area contributed by atoms with E-state index in [9.17, 15) is 19.5 Å². The first-order chi connectivity index (χ1) is 26.0. The van der Waals surface area contributed by atoms with Gasteiger partial charge < -0.3 is 39.0 Å². The molecule has 0 radical (unpaired) electrons. The van der Waals surface area contributed by atoms with E-state index in [0.29, 0.717) is 49.7 Å². The van der Waals surface area contributed by atoms with E-state index < -0.39 is 29.9 Å². The van der Waals surface area contributed by atoms with Crippen molar-refractivity contribution in [2.75, 3.05) is 41.5 Å². The summed E-state index contributed by atoms with van der Waals surface area (Å²) in [4.78, 5) is 43.8. The highest BCUT2D eigenvalue weighted by molar-refractivity contribution is 7.80. The van der Waals surface area contributed by atoms with Gasteiger partial charge in [-0.1, -0.05) is 60.2 Å². The number of carbonyl (C=O) groups is 3. The molecule has 5 rings (SSSR count). The smallest absolute Gasteiger partial charge is 0.339 e. The molecule has 3 amide bonds. The minimum Gasteiger partial charge on any atom is -0.496 e. The molecule has 2 N–H and O–H groups in total. The van der Waals surface area contributed by atoms with Crippen LogP contribution in [-0.4, -0.2) is 79.3 Å². The summed E-state index contributed by atoms with van der Waals surface area (Å²) in [7, 11) is 6.16. The summed E-state index contributed by atoms with van der Waals surface area (Å²) in [6.07, 6.45) is 0.191. The lowest BCUT2D eigenvalue weighted by molar-refractivity contribution is -0.131. The molecule has 2 atom stereocenters. The largest absolute Gasteiger partial charge is 0.496 e. The van der Waals surface area contributed by atoms with E-state index in [4.69, 9.17) is 47.5 Å². The molecule has 54 heavy (non-hydrogen) atoms. The number of urea groups is 1. The number of benzene rings is 4. The second kappa shape index (κ2) is 18.0. The predicted molar refractivity (Wildman–Crippen MR) is 207 cm³/mol. The first-order valence-electron chi connectivity index (χ1n) is 17.0. The molecule has 1 aliphatic rings. The van der Waals surface area contributed by atoms with Crippen LogP contribution in [0, 0.1) is 5.92 Å². The Bertz CT molecular complexity index is 1990. The highest BCUT2D eigenvalue weighted by Gasteiger charge is 2.37. The highest BCUT2D eigenvalue weighted by Crippen LogP contribution is 2.36. The molecule has 0 aromatic heterocycles. The summed E-state index contributed by atoms with van der Waals surface area (Å²) in [5.74, 6) is -0.131. The number of ether oxygens (including phenoxy) is 5. The fourth-order valence-electron chi connectivity index (χ4n) is 6.24. The van der Waals surface area contributed by atoms with Gasteiger partial charge in [0.05, 0.1) is 64.0 Å². The third-order valence-electron chi connectivity index (χ3n) is 9.14. The predicted octanol–water partition coefficient (Wildman–Crippen LogP) is 6.95. The average molecular weight is 776 g/mol. The monoisotopic (exact) mass is 775 g/mol. The Kier molecular flexibility index (Phi) is 13.2. The molecule has 12 nitrogen and oxygen atoms in total. The van der Waals surface area contributed by atoms with Gasteiger partial charge in [-0.2, -0.15) is 0 Å². The number of imide groups is 1. The lowest BCUT2D eigenvalue weighted by atomic mass is 9.96. The minimum atomic E-state index is -1.15. The number of hydrogen-bond donors (Lipinski definition) is 2. The van der Waals surface area contributed by atoms with Gasteiger partial charge in [0.2, 0.25) is 5.91 Å². The number of carboxylic acids is 1. The van der Waals surface area contributed by atoms with E-state index in [2.05, 4.69) is 5.32 Å². The second-order valence-electron chi connectivity index (χ2n) is 12.6. The minimum absolute atomic E-state index is 0.0225. The van der Waals surface area contributed by atoms with Gasteiger partial charge >= 0.3 is 12.0 Å². The van der Waals surface area contributed by atoms with Gasteiger partial charge in [-0.15, -0.1) is 0 Å². The summed E-state index contributed by atoms with van der Waals surface area (Å²) in [5, 5.41) is 13.2. The van der Waals surface area contributed by atoms with E-state index >= 15 is 0 Å². The number of carbonyl (C=O) groups excluding carboxylic acids is 2. The first-order valence-corrected chi connectivity index (χ1v) is 17.8. The molecule has 0 bridgehead atoms. The van der Waals surface area contributed by atoms with Crippen molar-refractivity contribution in [3.63, 3.8) is 0 Å². The lowest BCUT2D eigenvalue weighted by Crippen LogP contribution is -2.48. The topological polar surface area (TPSA) is 136 Å². The number of carboxylic acid groups (broad SMARTS) is 1. The van der Waals surface area contributed by atoms with Gasteiger partial charge in [0.25, 0.3) is 0 Å². The van der Waals surface area contributed by atoms with E-state index in [1.807, 2.05) is 35.2 Å². The molecular weight excluding hydrogens is 734 g/mol. The summed E-state index contributed by atoms with van der Waals surface area (Å²) < 4.78 is 28.3. The van der Waals surface area contributed by atoms with Crippen LogP contribution in [0.1, 0.15) is 45.6 Å². The zero-order chi connectivity index (χ0) is 38.9. The summed E-state index contributed by atoms with van der Waals surface area (Å²) in [6, 6.07) is 21.3. The third-order valence-corrected chi connectivity index (χ3v) is 9.76. The zero-order valence-corrected chi connectivity index (χ0v) is 32.2. The van der Waals surface area contributed by atoms with Crippen LogP contribution in [0.2, 0.25) is 5.02 Å². The summed E-state index contributed by atoms with van der Waals surface area (Å²) in [5.41, 5.74) is 2.77. The summed E-state index contributed by atoms with van der Waals surface area (Å²) in [6.45, 7) is 2.07. The Labute approximate surface area is 324 Å². The fourth-order valence-corrected chi connectivity index (χ4v) is 6.70. The molecule has 0 saturated carbocycles. The van der Waals surface area contributed by atoms with Crippen LogP contribution in [0.3, 0.4) is 0 Å². The van der Waals surface area contributed by atoms with Crippen molar-refractivity contribution in [3.8, 4) is 28.7 Å². The van der Waals surface area contributed by atoms with E-state index in [1.165, 1.54) is 27.4 Å².